The number of carbonyl (C=O) groups excluding carboxylic acids is 1. The zero-order valence-corrected chi connectivity index (χ0v) is 9.48. The molecule has 0 aliphatic heterocycles. The smallest absolute Gasteiger partial charge is 0.254 e. The van der Waals surface area contributed by atoms with Gasteiger partial charge in [0.05, 0.1) is 13.3 Å². The second-order valence-electron chi connectivity index (χ2n) is 2.94. The number of methoxy groups -OCH3 is 1. The van der Waals surface area contributed by atoms with Crippen molar-refractivity contribution < 1.29 is 9.53 Å². The van der Waals surface area contributed by atoms with Crippen LogP contribution in [0.15, 0.2) is 22.9 Å². The molecule has 0 bridgehead atoms. The molecule has 0 atom stereocenters. The molecule has 0 aliphatic rings. The van der Waals surface area contributed by atoms with E-state index >= 15 is 0 Å². The second kappa shape index (κ2) is 3.54. The third kappa shape index (κ3) is 1.56. The zero-order chi connectivity index (χ0) is 11.0. The lowest BCUT2D eigenvalue weighted by Crippen LogP contribution is -2.14. The summed E-state index contributed by atoms with van der Waals surface area (Å²) in [6.45, 7) is 0. The predicted octanol–water partition coefficient (Wildman–Crippen LogP) is 1.20. The van der Waals surface area contributed by atoms with Crippen LogP contribution >= 0.6 is 15.9 Å². The molecule has 15 heavy (non-hydrogen) atoms. The van der Waals surface area contributed by atoms with E-state index in [1.54, 1.807) is 16.8 Å². The van der Waals surface area contributed by atoms with Crippen LogP contribution in [0.1, 0.15) is 10.4 Å². The maximum atomic E-state index is 11.1. The van der Waals surface area contributed by atoms with Gasteiger partial charge >= 0.3 is 0 Å². The predicted molar refractivity (Wildman–Crippen MR) is 58.0 cm³/mol. The van der Waals surface area contributed by atoms with Gasteiger partial charge in [-0.15, -0.1) is 0 Å². The van der Waals surface area contributed by atoms with Crippen LogP contribution in [0, 0.1) is 0 Å². The van der Waals surface area contributed by atoms with Gasteiger partial charge in [0.1, 0.15) is 11.1 Å². The normalized spacial score (nSPS) is 10.5. The Balaban J connectivity index is 2.80. The van der Waals surface area contributed by atoms with E-state index in [1.807, 2.05) is 0 Å². The van der Waals surface area contributed by atoms with Crippen molar-refractivity contribution in [1.82, 2.24) is 9.61 Å². The highest BCUT2D eigenvalue weighted by molar-refractivity contribution is 9.10. The molecular formula is C9H8BrN3O2. The van der Waals surface area contributed by atoms with Crippen LogP contribution in [-0.4, -0.2) is 22.6 Å². The van der Waals surface area contributed by atoms with Gasteiger partial charge in [-0.25, -0.2) is 4.52 Å². The van der Waals surface area contributed by atoms with E-state index in [0.717, 1.165) is 4.47 Å². The summed E-state index contributed by atoms with van der Waals surface area (Å²) in [6.07, 6.45) is 3.16. The molecule has 2 rings (SSSR count). The minimum atomic E-state index is -0.556. The van der Waals surface area contributed by atoms with E-state index < -0.39 is 5.91 Å². The summed E-state index contributed by atoms with van der Waals surface area (Å²) >= 11 is 3.32. The first-order chi connectivity index (χ1) is 7.13. The minimum absolute atomic E-state index is 0.274. The molecule has 5 nitrogen and oxygen atoms in total. The van der Waals surface area contributed by atoms with Crippen LogP contribution in [-0.2, 0) is 0 Å². The van der Waals surface area contributed by atoms with Crippen molar-refractivity contribution in [2.24, 2.45) is 5.73 Å². The SMILES string of the molecule is COc1c(C(N)=O)cnn2cc(Br)cc12. The summed E-state index contributed by atoms with van der Waals surface area (Å²) in [6, 6.07) is 1.80. The first-order valence-corrected chi connectivity index (χ1v) is 4.93. The minimum Gasteiger partial charge on any atom is -0.494 e. The number of aromatic nitrogens is 2. The van der Waals surface area contributed by atoms with Crippen LogP contribution in [0.3, 0.4) is 0 Å². The maximum absolute atomic E-state index is 11.1. The second-order valence-corrected chi connectivity index (χ2v) is 3.86. The highest BCUT2D eigenvalue weighted by Crippen LogP contribution is 2.26. The molecule has 78 valence electrons. The van der Waals surface area contributed by atoms with Crippen molar-refractivity contribution >= 4 is 27.4 Å². The molecule has 0 spiro atoms. The fourth-order valence-corrected chi connectivity index (χ4v) is 1.80. The average Bonchev–Trinajstić information content (AvgIpc) is 2.55. The molecule has 2 N–H and O–H groups in total. The van der Waals surface area contributed by atoms with Crippen LogP contribution < -0.4 is 10.5 Å². The summed E-state index contributed by atoms with van der Waals surface area (Å²) in [5, 5.41) is 4.04. The summed E-state index contributed by atoms with van der Waals surface area (Å²) < 4.78 is 7.61. The number of hydrogen-bond acceptors (Lipinski definition) is 3. The van der Waals surface area contributed by atoms with Gasteiger partial charge in [-0.05, 0) is 22.0 Å². The Labute approximate surface area is 94.0 Å². The van der Waals surface area contributed by atoms with Gasteiger partial charge in [-0.2, -0.15) is 5.10 Å². The molecule has 6 heteroatoms. The molecule has 0 fully saturated rings. The highest BCUT2D eigenvalue weighted by Gasteiger charge is 2.14. The number of carbonyl (C=O) groups is 1. The highest BCUT2D eigenvalue weighted by atomic mass is 79.9. The largest absolute Gasteiger partial charge is 0.494 e. The van der Waals surface area contributed by atoms with Crippen molar-refractivity contribution in [3.63, 3.8) is 0 Å². The van der Waals surface area contributed by atoms with E-state index in [1.165, 1.54) is 13.3 Å². The number of rotatable bonds is 2. The Bertz CT molecular complexity index is 535. The van der Waals surface area contributed by atoms with E-state index in [0.29, 0.717) is 11.3 Å². The van der Waals surface area contributed by atoms with Crippen LogP contribution in [0.4, 0.5) is 0 Å². The molecule has 0 saturated carbocycles. The number of amides is 1. The van der Waals surface area contributed by atoms with Gasteiger partial charge < -0.3 is 10.5 Å². The maximum Gasteiger partial charge on any atom is 0.254 e. The molecule has 0 aliphatic carbocycles. The van der Waals surface area contributed by atoms with Gasteiger partial charge in [-0.1, -0.05) is 0 Å². The fourth-order valence-electron chi connectivity index (χ4n) is 1.39. The summed E-state index contributed by atoms with van der Waals surface area (Å²) in [5.41, 5.74) is 6.18. The first kappa shape index (κ1) is 9.97. The molecule has 1 amide bonds. The molecule has 0 saturated heterocycles. The summed E-state index contributed by atoms with van der Waals surface area (Å²) in [7, 11) is 1.49. The van der Waals surface area contributed by atoms with Gasteiger partial charge in [-0.3, -0.25) is 4.79 Å². The molecule has 0 unspecified atom stereocenters. The Morgan fingerprint density at radius 3 is 3.00 bits per heavy atom. The van der Waals surface area contributed by atoms with E-state index in [9.17, 15) is 4.79 Å². The lowest BCUT2D eigenvalue weighted by atomic mass is 10.2. The Kier molecular flexibility index (Phi) is 2.36. The van der Waals surface area contributed by atoms with E-state index in [2.05, 4.69) is 21.0 Å². The Hall–Kier alpha value is -1.56. The van der Waals surface area contributed by atoms with Crippen molar-refractivity contribution in [1.29, 1.82) is 0 Å². The van der Waals surface area contributed by atoms with Crippen LogP contribution in [0.5, 0.6) is 5.75 Å². The quantitative estimate of drug-likeness (QED) is 0.891. The zero-order valence-electron chi connectivity index (χ0n) is 7.90. The fraction of sp³-hybridized carbons (Fsp3) is 0.111. The Morgan fingerprint density at radius 1 is 1.67 bits per heavy atom. The van der Waals surface area contributed by atoms with Crippen LogP contribution in [0.2, 0.25) is 0 Å². The number of nitrogens with two attached hydrogens (primary N) is 1. The van der Waals surface area contributed by atoms with Gasteiger partial charge in [0.25, 0.3) is 5.91 Å². The lowest BCUT2D eigenvalue weighted by Gasteiger charge is -2.06. The molecule has 0 radical (unpaired) electrons. The molecule has 2 aromatic heterocycles. The number of hydrogen-bond donors (Lipinski definition) is 1. The third-order valence-corrected chi connectivity index (χ3v) is 2.46. The van der Waals surface area contributed by atoms with Gasteiger partial charge in [0.15, 0.2) is 5.75 Å². The van der Waals surface area contributed by atoms with Crippen molar-refractivity contribution in [3.05, 3.63) is 28.5 Å². The number of halogens is 1. The van der Waals surface area contributed by atoms with E-state index in [4.69, 9.17) is 10.5 Å². The van der Waals surface area contributed by atoms with Gasteiger partial charge in [0, 0.05) is 10.7 Å². The van der Waals surface area contributed by atoms with Crippen LogP contribution in [0.25, 0.3) is 5.52 Å². The molecule has 2 heterocycles. The summed E-state index contributed by atoms with van der Waals surface area (Å²) in [4.78, 5) is 11.1. The van der Waals surface area contributed by atoms with Crippen molar-refractivity contribution in [2.45, 2.75) is 0 Å². The standard InChI is InChI=1S/C9H8BrN3O2/c1-15-8-6(9(11)14)3-12-13-4-5(10)2-7(8)13/h2-4H,1H3,(H2,11,14). The van der Waals surface area contributed by atoms with Crippen molar-refractivity contribution in [2.75, 3.05) is 7.11 Å². The van der Waals surface area contributed by atoms with Gasteiger partial charge in [0.2, 0.25) is 0 Å². The third-order valence-electron chi connectivity index (χ3n) is 2.03. The monoisotopic (exact) mass is 269 g/mol. The number of fused-ring (bicyclic) bond motifs is 1. The average molecular weight is 270 g/mol. The topological polar surface area (TPSA) is 69.6 Å². The number of primary amides is 1. The number of ether oxygens (including phenoxy) is 1. The molecular weight excluding hydrogens is 262 g/mol. The lowest BCUT2D eigenvalue weighted by molar-refractivity contribution is 0.0997. The van der Waals surface area contributed by atoms with E-state index in [-0.39, 0.29) is 5.56 Å². The first-order valence-electron chi connectivity index (χ1n) is 4.14. The Morgan fingerprint density at radius 2 is 2.40 bits per heavy atom. The number of nitrogens with zero attached hydrogens (tertiary/aromatic N) is 2. The van der Waals surface area contributed by atoms with Crippen molar-refractivity contribution in [3.8, 4) is 5.75 Å². The molecule has 0 aromatic carbocycles. The molecule has 2 aromatic rings. The summed E-state index contributed by atoms with van der Waals surface area (Å²) in [5.74, 6) is -0.123.